The van der Waals surface area contributed by atoms with Crippen molar-refractivity contribution in [3.05, 3.63) is 101 Å². The fraction of sp³-hybridized carbons (Fsp3) is 0.125. The molecule has 0 bridgehead atoms. The quantitative estimate of drug-likeness (QED) is 0.466. The maximum Gasteiger partial charge on any atom is 0.271 e. The van der Waals surface area contributed by atoms with Gasteiger partial charge >= 0.3 is 0 Å². The second-order valence-corrected chi connectivity index (χ2v) is 9.05. The van der Waals surface area contributed by atoms with Crippen molar-refractivity contribution in [1.82, 2.24) is 0 Å². The van der Waals surface area contributed by atoms with Gasteiger partial charge in [-0.3, -0.25) is 4.79 Å². The van der Waals surface area contributed by atoms with Crippen molar-refractivity contribution in [3.8, 4) is 0 Å². The predicted molar refractivity (Wildman–Crippen MR) is 122 cm³/mol. The highest BCUT2D eigenvalue weighted by molar-refractivity contribution is 7.93. The zero-order chi connectivity index (χ0) is 21.7. The molecule has 3 aromatic rings. The normalized spacial score (nSPS) is 11.6. The number of anilines is 1. The second kappa shape index (κ2) is 9.28. The summed E-state index contributed by atoms with van der Waals surface area (Å²) in [7, 11) is -4.09. The molecule has 0 spiro atoms. The van der Waals surface area contributed by atoms with Crippen molar-refractivity contribution >= 4 is 39.3 Å². The highest BCUT2D eigenvalue weighted by atomic mass is 35.5. The van der Waals surface area contributed by atoms with Crippen LogP contribution in [0.3, 0.4) is 0 Å². The van der Waals surface area contributed by atoms with Crippen LogP contribution in [0.25, 0.3) is 6.08 Å². The number of halogens is 1. The first-order valence-corrected chi connectivity index (χ1v) is 11.3. The lowest BCUT2D eigenvalue weighted by Crippen LogP contribution is -2.35. The lowest BCUT2D eigenvalue weighted by Gasteiger charge is -2.22. The Hall–Kier alpha value is -2.89. The highest BCUT2D eigenvalue weighted by Crippen LogP contribution is 2.25. The summed E-state index contributed by atoms with van der Waals surface area (Å²) in [4.78, 5) is 13.1. The number of amides is 1. The fourth-order valence-electron chi connectivity index (χ4n) is 2.88. The molecule has 0 aliphatic heterocycles. The summed E-state index contributed by atoms with van der Waals surface area (Å²) in [6.45, 7) is 3.88. The summed E-state index contributed by atoms with van der Waals surface area (Å²) >= 11 is 5.89. The van der Waals surface area contributed by atoms with Crippen molar-refractivity contribution in [2.75, 3.05) is 4.31 Å². The Balaban J connectivity index is 2.03. The Labute approximate surface area is 182 Å². The van der Waals surface area contributed by atoms with Crippen molar-refractivity contribution in [2.45, 2.75) is 25.2 Å². The van der Waals surface area contributed by atoms with E-state index in [-0.39, 0.29) is 4.90 Å². The summed E-state index contributed by atoms with van der Waals surface area (Å²) in [6, 6.07) is 20.3. The lowest BCUT2D eigenvalue weighted by atomic mass is 10.1. The second-order valence-electron chi connectivity index (χ2n) is 6.83. The van der Waals surface area contributed by atoms with Gasteiger partial charge in [-0.05, 0) is 66.9 Å². The molecule has 4 nitrogen and oxygen atoms in total. The molecule has 0 heterocycles. The van der Waals surface area contributed by atoms with E-state index < -0.39 is 15.9 Å². The maximum absolute atomic E-state index is 13.3. The van der Waals surface area contributed by atoms with Crippen LogP contribution < -0.4 is 4.31 Å². The number of carbonyl (C=O) groups is 1. The summed E-state index contributed by atoms with van der Waals surface area (Å²) in [6.07, 6.45) is 3.63. The van der Waals surface area contributed by atoms with Gasteiger partial charge in [0.05, 0.1) is 10.6 Å². The van der Waals surface area contributed by atoms with Crippen molar-refractivity contribution < 1.29 is 13.2 Å². The first-order chi connectivity index (χ1) is 14.3. The van der Waals surface area contributed by atoms with E-state index in [0.29, 0.717) is 10.7 Å². The van der Waals surface area contributed by atoms with E-state index in [0.717, 1.165) is 27.4 Å². The number of sulfonamides is 1. The van der Waals surface area contributed by atoms with E-state index in [9.17, 15) is 13.2 Å². The molecule has 0 aromatic heterocycles. The summed E-state index contributed by atoms with van der Waals surface area (Å²) < 4.78 is 27.5. The van der Waals surface area contributed by atoms with Crippen LogP contribution >= 0.6 is 11.6 Å². The monoisotopic (exact) mass is 439 g/mol. The summed E-state index contributed by atoms with van der Waals surface area (Å²) in [5.74, 6) is -0.658. The number of nitrogens with zero attached hydrogens (tertiary/aromatic N) is 1. The molecule has 30 heavy (non-hydrogen) atoms. The minimum Gasteiger partial charge on any atom is -0.268 e. The van der Waals surface area contributed by atoms with E-state index in [1.165, 1.54) is 18.2 Å². The third-order valence-electron chi connectivity index (χ3n) is 4.63. The van der Waals surface area contributed by atoms with Gasteiger partial charge in [0.1, 0.15) is 0 Å². The maximum atomic E-state index is 13.3. The molecule has 3 rings (SSSR count). The Bertz CT molecular complexity index is 1150. The standard InChI is InChI=1S/C24H22ClNO3S/c1-3-19-8-13-22(14-9-19)26(30(28,29)23-15-4-18(2)5-16-23)24(27)17-10-20-6-11-21(25)12-7-20/h4-17H,3H2,1-2H3/b17-10+. The van der Waals surface area contributed by atoms with Gasteiger partial charge in [-0.1, -0.05) is 60.5 Å². The third-order valence-corrected chi connectivity index (χ3v) is 6.62. The van der Waals surface area contributed by atoms with E-state index in [1.54, 1.807) is 54.6 Å². The number of benzene rings is 3. The molecular weight excluding hydrogens is 418 g/mol. The van der Waals surface area contributed by atoms with Gasteiger partial charge in [0.25, 0.3) is 15.9 Å². The van der Waals surface area contributed by atoms with Gasteiger partial charge < -0.3 is 0 Å². The average molecular weight is 440 g/mol. The van der Waals surface area contributed by atoms with Crippen LogP contribution in [-0.4, -0.2) is 14.3 Å². The Morgan fingerprint density at radius 3 is 2.10 bits per heavy atom. The lowest BCUT2D eigenvalue weighted by molar-refractivity contribution is -0.113. The van der Waals surface area contributed by atoms with Gasteiger partial charge in [-0.25, -0.2) is 8.42 Å². The van der Waals surface area contributed by atoms with Crippen molar-refractivity contribution in [2.24, 2.45) is 0 Å². The molecular formula is C24H22ClNO3S. The minimum absolute atomic E-state index is 0.0564. The van der Waals surface area contributed by atoms with Gasteiger partial charge in [-0.15, -0.1) is 0 Å². The Morgan fingerprint density at radius 1 is 0.933 bits per heavy atom. The number of carbonyl (C=O) groups excluding carboxylic acids is 1. The molecule has 0 N–H and O–H groups in total. The SMILES string of the molecule is CCc1ccc(N(C(=O)/C=C/c2ccc(Cl)cc2)S(=O)(=O)c2ccc(C)cc2)cc1. The Morgan fingerprint density at radius 2 is 1.53 bits per heavy atom. The van der Waals surface area contributed by atoms with Crippen molar-refractivity contribution in [1.29, 1.82) is 0 Å². The molecule has 0 atom stereocenters. The van der Waals surface area contributed by atoms with Crippen LogP contribution in [0.4, 0.5) is 5.69 Å². The molecule has 3 aromatic carbocycles. The zero-order valence-electron chi connectivity index (χ0n) is 16.7. The molecule has 0 fully saturated rings. The molecule has 0 aliphatic rings. The molecule has 6 heteroatoms. The smallest absolute Gasteiger partial charge is 0.268 e. The highest BCUT2D eigenvalue weighted by Gasteiger charge is 2.29. The van der Waals surface area contributed by atoms with Gasteiger partial charge in [-0.2, -0.15) is 4.31 Å². The molecule has 0 saturated heterocycles. The number of hydrogen-bond acceptors (Lipinski definition) is 3. The van der Waals surface area contributed by atoms with E-state index in [1.807, 2.05) is 26.0 Å². The van der Waals surface area contributed by atoms with E-state index in [4.69, 9.17) is 11.6 Å². The fourth-order valence-corrected chi connectivity index (χ4v) is 4.39. The minimum atomic E-state index is -4.09. The third kappa shape index (κ3) is 4.99. The van der Waals surface area contributed by atoms with Crippen LogP contribution in [0, 0.1) is 6.92 Å². The van der Waals surface area contributed by atoms with Crippen molar-refractivity contribution in [3.63, 3.8) is 0 Å². The van der Waals surface area contributed by atoms with Gasteiger partial charge in [0.2, 0.25) is 0 Å². The average Bonchev–Trinajstić information content (AvgIpc) is 2.74. The molecule has 0 aliphatic carbocycles. The molecule has 154 valence electrons. The summed E-state index contributed by atoms with van der Waals surface area (Å²) in [5.41, 5.74) is 3.01. The van der Waals surface area contributed by atoms with Crippen LogP contribution in [0.1, 0.15) is 23.6 Å². The number of rotatable bonds is 6. The van der Waals surface area contributed by atoms with Crippen LogP contribution in [0.15, 0.2) is 83.8 Å². The largest absolute Gasteiger partial charge is 0.271 e. The molecule has 1 amide bonds. The van der Waals surface area contributed by atoms with Crippen LogP contribution in [0.5, 0.6) is 0 Å². The predicted octanol–water partition coefficient (Wildman–Crippen LogP) is 5.65. The van der Waals surface area contributed by atoms with E-state index >= 15 is 0 Å². The van der Waals surface area contributed by atoms with Crippen LogP contribution in [-0.2, 0) is 21.2 Å². The number of hydrogen-bond donors (Lipinski definition) is 0. The number of aryl methyl sites for hydroxylation is 2. The molecule has 0 unspecified atom stereocenters. The first-order valence-electron chi connectivity index (χ1n) is 9.50. The zero-order valence-corrected chi connectivity index (χ0v) is 18.3. The summed E-state index contributed by atoms with van der Waals surface area (Å²) in [5, 5.41) is 0.582. The Kier molecular flexibility index (Phi) is 6.75. The van der Waals surface area contributed by atoms with E-state index in [2.05, 4.69) is 0 Å². The first kappa shape index (κ1) is 21.8. The van der Waals surface area contributed by atoms with Gasteiger partial charge in [0.15, 0.2) is 0 Å². The van der Waals surface area contributed by atoms with Crippen LogP contribution in [0.2, 0.25) is 5.02 Å². The molecule has 0 radical (unpaired) electrons. The molecule has 0 saturated carbocycles. The topological polar surface area (TPSA) is 54.5 Å². The van der Waals surface area contributed by atoms with Gasteiger partial charge in [0, 0.05) is 11.1 Å².